The predicted octanol–water partition coefficient (Wildman–Crippen LogP) is 0.0196. The maximum atomic E-state index is 12.5. The van der Waals surface area contributed by atoms with Crippen molar-refractivity contribution in [1.29, 1.82) is 0 Å². The Morgan fingerprint density at radius 3 is 2.77 bits per heavy atom. The molecular weight excluding hydrogens is 280 g/mol. The van der Waals surface area contributed by atoms with Gasteiger partial charge in [-0.25, -0.2) is 5.43 Å². The SMILES string of the molecule is NC(=O)[C@@H](NC(=O)C1=C2C=C3CC3C2NN1)c1ccccc1. The molecule has 5 N–H and O–H groups in total. The summed E-state index contributed by atoms with van der Waals surface area (Å²) in [6.07, 6.45) is 3.17. The first-order valence-corrected chi connectivity index (χ1v) is 7.26. The highest BCUT2D eigenvalue weighted by atomic mass is 16.2. The Hall–Kier alpha value is -2.60. The second-order valence-corrected chi connectivity index (χ2v) is 5.83. The van der Waals surface area contributed by atoms with Crippen molar-refractivity contribution in [2.75, 3.05) is 0 Å². The lowest BCUT2D eigenvalue weighted by atomic mass is 10.0. The Kier molecular flexibility index (Phi) is 2.80. The fourth-order valence-electron chi connectivity index (χ4n) is 3.18. The van der Waals surface area contributed by atoms with Crippen molar-refractivity contribution >= 4 is 11.8 Å². The molecule has 1 aliphatic heterocycles. The van der Waals surface area contributed by atoms with E-state index in [0.29, 0.717) is 17.2 Å². The van der Waals surface area contributed by atoms with E-state index in [1.54, 1.807) is 24.3 Å². The molecule has 3 aliphatic rings. The molecule has 6 nitrogen and oxygen atoms in total. The number of nitrogens with one attached hydrogen (secondary N) is 3. The number of primary amides is 1. The molecule has 1 aromatic rings. The van der Waals surface area contributed by atoms with Gasteiger partial charge >= 0.3 is 0 Å². The van der Waals surface area contributed by atoms with Crippen LogP contribution in [0.2, 0.25) is 0 Å². The molecule has 0 aromatic heterocycles. The standard InChI is InChI=1S/C16H16N4O2/c17-15(21)12(8-4-2-1-3-5-8)18-16(22)14-11-7-9-6-10(9)13(11)19-20-14/h1-5,7,10,12-13,19-20H,6H2,(H2,17,21)(H,18,22)/t10?,12-,13?/m0/s1. The number of hydrazine groups is 1. The minimum Gasteiger partial charge on any atom is -0.368 e. The van der Waals surface area contributed by atoms with Gasteiger partial charge in [-0.3, -0.25) is 9.59 Å². The molecule has 2 aliphatic carbocycles. The van der Waals surface area contributed by atoms with E-state index in [-0.39, 0.29) is 11.9 Å². The van der Waals surface area contributed by atoms with Gasteiger partial charge in [-0.15, -0.1) is 0 Å². The molecule has 1 saturated carbocycles. The first-order valence-electron chi connectivity index (χ1n) is 7.26. The summed E-state index contributed by atoms with van der Waals surface area (Å²) in [5.41, 5.74) is 15.0. The van der Waals surface area contributed by atoms with E-state index in [9.17, 15) is 9.59 Å². The minimum atomic E-state index is -0.841. The molecule has 112 valence electrons. The van der Waals surface area contributed by atoms with Crippen molar-refractivity contribution in [2.24, 2.45) is 11.7 Å². The van der Waals surface area contributed by atoms with Crippen LogP contribution in [-0.4, -0.2) is 17.9 Å². The molecule has 22 heavy (non-hydrogen) atoms. The van der Waals surface area contributed by atoms with Crippen LogP contribution < -0.4 is 21.9 Å². The highest BCUT2D eigenvalue weighted by molar-refractivity contribution is 5.98. The van der Waals surface area contributed by atoms with Crippen LogP contribution in [0.3, 0.4) is 0 Å². The topological polar surface area (TPSA) is 96.2 Å². The Bertz CT molecular complexity index is 723. The van der Waals surface area contributed by atoms with Crippen molar-refractivity contribution < 1.29 is 9.59 Å². The fourth-order valence-corrected chi connectivity index (χ4v) is 3.18. The summed E-state index contributed by atoms with van der Waals surface area (Å²) in [7, 11) is 0. The smallest absolute Gasteiger partial charge is 0.269 e. The van der Waals surface area contributed by atoms with Crippen molar-refractivity contribution in [3.8, 4) is 0 Å². The van der Waals surface area contributed by atoms with Crippen molar-refractivity contribution in [3.63, 3.8) is 0 Å². The van der Waals surface area contributed by atoms with Crippen LogP contribution in [0.4, 0.5) is 0 Å². The highest BCUT2D eigenvalue weighted by Crippen LogP contribution is 2.50. The number of hydrogen-bond donors (Lipinski definition) is 4. The van der Waals surface area contributed by atoms with Crippen LogP contribution in [0.15, 0.2) is 53.3 Å². The van der Waals surface area contributed by atoms with Gasteiger partial charge in [0, 0.05) is 11.5 Å². The van der Waals surface area contributed by atoms with Gasteiger partial charge in [0.05, 0.1) is 6.04 Å². The minimum absolute atomic E-state index is 0.180. The zero-order valence-electron chi connectivity index (χ0n) is 11.8. The Balaban J connectivity index is 1.57. The third kappa shape index (κ3) is 2.00. The van der Waals surface area contributed by atoms with Crippen LogP contribution in [0.5, 0.6) is 0 Å². The molecule has 3 atom stereocenters. The van der Waals surface area contributed by atoms with Gasteiger partial charge < -0.3 is 16.5 Å². The molecular formula is C16H16N4O2. The Morgan fingerprint density at radius 1 is 1.27 bits per heavy atom. The number of nitrogens with two attached hydrogens (primary N) is 1. The van der Waals surface area contributed by atoms with E-state index >= 15 is 0 Å². The molecule has 0 spiro atoms. The highest BCUT2D eigenvalue weighted by Gasteiger charge is 2.48. The van der Waals surface area contributed by atoms with E-state index < -0.39 is 11.9 Å². The Morgan fingerprint density at radius 2 is 2.05 bits per heavy atom. The number of carbonyl (C=O) groups excluding carboxylic acids is 2. The van der Waals surface area contributed by atoms with Crippen LogP contribution in [-0.2, 0) is 9.59 Å². The third-order valence-electron chi connectivity index (χ3n) is 4.41. The summed E-state index contributed by atoms with van der Waals surface area (Å²) in [6.45, 7) is 0. The molecule has 0 radical (unpaired) electrons. The van der Waals surface area contributed by atoms with Gasteiger partial charge in [-0.1, -0.05) is 42.0 Å². The molecule has 1 aromatic carbocycles. The average molecular weight is 296 g/mol. The number of hydrogen-bond acceptors (Lipinski definition) is 4. The van der Waals surface area contributed by atoms with Gasteiger partial charge in [0.2, 0.25) is 5.91 Å². The zero-order chi connectivity index (χ0) is 15.3. The third-order valence-corrected chi connectivity index (χ3v) is 4.41. The number of benzene rings is 1. The fraction of sp³-hybridized carbons (Fsp3) is 0.250. The number of fused-ring (bicyclic) bond motifs is 3. The van der Waals surface area contributed by atoms with E-state index in [2.05, 4.69) is 22.2 Å². The van der Waals surface area contributed by atoms with Gasteiger partial charge in [0.25, 0.3) is 5.91 Å². The molecule has 6 heteroatoms. The molecule has 4 rings (SSSR count). The number of rotatable bonds is 4. The summed E-state index contributed by atoms with van der Waals surface area (Å²) >= 11 is 0. The molecule has 1 heterocycles. The lowest BCUT2D eigenvalue weighted by molar-refractivity contribution is -0.125. The van der Waals surface area contributed by atoms with Crippen LogP contribution in [0, 0.1) is 5.92 Å². The summed E-state index contributed by atoms with van der Waals surface area (Å²) in [4.78, 5) is 24.2. The largest absolute Gasteiger partial charge is 0.368 e. The normalized spacial score (nSPS) is 25.7. The molecule has 0 saturated heterocycles. The second-order valence-electron chi connectivity index (χ2n) is 5.83. The van der Waals surface area contributed by atoms with E-state index in [1.165, 1.54) is 5.57 Å². The van der Waals surface area contributed by atoms with Gasteiger partial charge in [0.15, 0.2) is 0 Å². The average Bonchev–Trinajstić information content (AvgIpc) is 3.00. The Labute approximate surface area is 127 Å². The summed E-state index contributed by atoms with van der Waals surface area (Å²) < 4.78 is 0. The van der Waals surface area contributed by atoms with E-state index in [1.807, 2.05) is 6.07 Å². The predicted molar refractivity (Wildman–Crippen MR) is 79.8 cm³/mol. The number of amides is 2. The first kappa shape index (κ1) is 13.1. The van der Waals surface area contributed by atoms with Crippen molar-refractivity contribution in [2.45, 2.75) is 18.5 Å². The van der Waals surface area contributed by atoms with Crippen molar-refractivity contribution in [1.82, 2.24) is 16.2 Å². The summed E-state index contributed by atoms with van der Waals surface area (Å²) in [5.74, 6) is -0.384. The monoisotopic (exact) mass is 296 g/mol. The zero-order valence-corrected chi connectivity index (χ0v) is 11.8. The lowest BCUT2D eigenvalue weighted by Gasteiger charge is -2.16. The number of carbonyl (C=O) groups is 2. The van der Waals surface area contributed by atoms with Gasteiger partial charge in [-0.05, 0) is 12.0 Å². The lowest BCUT2D eigenvalue weighted by Crippen LogP contribution is -2.41. The molecule has 2 unspecified atom stereocenters. The van der Waals surface area contributed by atoms with Gasteiger partial charge in [-0.2, -0.15) is 0 Å². The van der Waals surface area contributed by atoms with Crippen LogP contribution in [0.1, 0.15) is 18.0 Å². The van der Waals surface area contributed by atoms with Crippen molar-refractivity contribution in [3.05, 3.63) is 58.8 Å². The maximum Gasteiger partial charge on any atom is 0.269 e. The van der Waals surface area contributed by atoms with E-state index in [0.717, 1.165) is 12.0 Å². The first-order chi connectivity index (χ1) is 10.6. The molecule has 2 amide bonds. The van der Waals surface area contributed by atoms with Gasteiger partial charge in [0.1, 0.15) is 11.7 Å². The maximum absolute atomic E-state index is 12.5. The van der Waals surface area contributed by atoms with Crippen LogP contribution >= 0.6 is 0 Å². The van der Waals surface area contributed by atoms with Crippen LogP contribution in [0.25, 0.3) is 0 Å². The summed E-state index contributed by atoms with van der Waals surface area (Å²) in [5, 5.41) is 2.71. The van der Waals surface area contributed by atoms with E-state index in [4.69, 9.17) is 5.73 Å². The molecule has 1 fully saturated rings. The molecule has 0 bridgehead atoms. The second kappa shape index (κ2) is 4.71. The quantitative estimate of drug-likeness (QED) is 0.630. The summed E-state index contributed by atoms with van der Waals surface area (Å²) in [6, 6.07) is 8.33.